The van der Waals surface area contributed by atoms with E-state index in [4.69, 9.17) is 4.74 Å². The van der Waals surface area contributed by atoms with Crippen molar-refractivity contribution in [3.05, 3.63) is 48.0 Å². The average Bonchev–Trinajstić information content (AvgIpc) is 2.54. The van der Waals surface area contributed by atoms with Crippen LogP contribution in [-0.4, -0.2) is 18.7 Å². The summed E-state index contributed by atoms with van der Waals surface area (Å²) in [6.07, 6.45) is 2.27. The molecule has 106 valence electrons. The first kappa shape index (κ1) is 13.6. The molecule has 0 radical (unpaired) electrons. The van der Waals surface area contributed by atoms with Crippen LogP contribution < -0.4 is 5.32 Å². The molecule has 1 aliphatic rings. The van der Waals surface area contributed by atoms with Crippen molar-refractivity contribution in [1.29, 1.82) is 0 Å². The Labute approximate surface area is 121 Å². The van der Waals surface area contributed by atoms with E-state index in [9.17, 15) is 0 Å². The van der Waals surface area contributed by atoms with Crippen LogP contribution in [0.5, 0.6) is 0 Å². The van der Waals surface area contributed by atoms with Gasteiger partial charge in [-0.1, -0.05) is 50.2 Å². The number of nitrogens with one attached hydrogen (secondary N) is 1. The summed E-state index contributed by atoms with van der Waals surface area (Å²) in [6, 6.07) is 15.2. The topological polar surface area (TPSA) is 21.3 Å². The molecule has 0 amide bonds. The van der Waals surface area contributed by atoms with E-state index in [2.05, 4.69) is 61.6 Å². The molecular weight excluding hydrogens is 246 g/mol. The lowest BCUT2D eigenvalue weighted by atomic mass is 9.93. The van der Waals surface area contributed by atoms with Crippen molar-refractivity contribution in [1.82, 2.24) is 5.32 Å². The van der Waals surface area contributed by atoms with Crippen LogP contribution in [0.1, 0.15) is 38.4 Å². The average molecular weight is 269 g/mol. The monoisotopic (exact) mass is 269 g/mol. The van der Waals surface area contributed by atoms with Crippen LogP contribution in [0.3, 0.4) is 0 Å². The van der Waals surface area contributed by atoms with Crippen LogP contribution in [-0.2, 0) is 4.74 Å². The van der Waals surface area contributed by atoms with Gasteiger partial charge in [0.2, 0.25) is 0 Å². The molecule has 3 rings (SSSR count). The number of hydrogen-bond acceptors (Lipinski definition) is 2. The number of ether oxygens (including phenoxy) is 1. The normalized spacial score (nSPS) is 22.0. The van der Waals surface area contributed by atoms with Crippen LogP contribution in [0.15, 0.2) is 42.5 Å². The molecule has 0 spiro atoms. The molecule has 20 heavy (non-hydrogen) atoms. The number of rotatable bonds is 3. The molecule has 0 bridgehead atoms. The maximum absolute atomic E-state index is 6.44. The molecule has 1 fully saturated rings. The third-order valence-electron chi connectivity index (χ3n) is 4.60. The highest BCUT2D eigenvalue weighted by molar-refractivity contribution is 5.83. The lowest BCUT2D eigenvalue weighted by molar-refractivity contribution is -0.122. The van der Waals surface area contributed by atoms with Crippen molar-refractivity contribution in [3.63, 3.8) is 0 Å². The Morgan fingerprint density at radius 2 is 1.85 bits per heavy atom. The number of morpholine rings is 1. The van der Waals surface area contributed by atoms with Crippen molar-refractivity contribution >= 4 is 10.8 Å². The molecule has 0 saturated carbocycles. The molecule has 2 aromatic carbocycles. The van der Waals surface area contributed by atoms with E-state index in [-0.39, 0.29) is 11.7 Å². The minimum absolute atomic E-state index is 0.00540. The Bertz CT molecular complexity index is 589. The van der Waals surface area contributed by atoms with Crippen LogP contribution in [0.4, 0.5) is 0 Å². The Morgan fingerprint density at radius 3 is 2.60 bits per heavy atom. The van der Waals surface area contributed by atoms with Crippen LogP contribution in [0.2, 0.25) is 0 Å². The van der Waals surface area contributed by atoms with Gasteiger partial charge in [-0.25, -0.2) is 0 Å². The first-order chi connectivity index (χ1) is 9.76. The summed E-state index contributed by atoms with van der Waals surface area (Å²) in [5.41, 5.74) is 1.27. The van der Waals surface area contributed by atoms with Gasteiger partial charge >= 0.3 is 0 Å². The second kappa shape index (κ2) is 5.55. The summed E-state index contributed by atoms with van der Waals surface area (Å²) in [5.74, 6) is 0. The van der Waals surface area contributed by atoms with Crippen LogP contribution in [0.25, 0.3) is 10.8 Å². The fourth-order valence-corrected chi connectivity index (χ4v) is 3.08. The summed E-state index contributed by atoms with van der Waals surface area (Å²) in [6.45, 7) is 6.30. The van der Waals surface area contributed by atoms with E-state index in [1.54, 1.807) is 0 Å². The van der Waals surface area contributed by atoms with E-state index in [1.165, 1.54) is 16.3 Å². The highest BCUT2D eigenvalue weighted by atomic mass is 16.5. The minimum atomic E-state index is -0.00540. The van der Waals surface area contributed by atoms with Gasteiger partial charge in [0.1, 0.15) is 0 Å². The molecule has 2 nitrogen and oxygen atoms in total. The lowest BCUT2D eigenvalue weighted by Crippen LogP contribution is -2.50. The van der Waals surface area contributed by atoms with E-state index >= 15 is 0 Å². The number of hydrogen-bond donors (Lipinski definition) is 1. The van der Waals surface area contributed by atoms with Gasteiger partial charge in [0.05, 0.1) is 11.7 Å². The van der Waals surface area contributed by atoms with E-state index in [0.717, 1.165) is 25.9 Å². The first-order valence-corrected chi connectivity index (χ1v) is 7.63. The van der Waals surface area contributed by atoms with Crippen LogP contribution in [0, 0.1) is 0 Å². The van der Waals surface area contributed by atoms with Gasteiger partial charge < -0.3 is 10.1 Å². The van der Waals surface area contributed by atoms with Gasteiger partial charge in [-0.15, -0.1) is 0 Å². The molecule has 2 aromatic rings. The maximum Gasteiger partial charge on any atom is 0.0957 e. The SMILES string of the molecule is CCC1(CC)CNCC(c2ccc3ccccc3c2)O1. The van der Waals surface area contributed by atoms with Gasteiger partial charge in [0.25, 0.3) is 0 Å². The highest BCUT2D eigenvalue weighted by Crippen LogP contribution is 2.32. The van der Waals surface area contributed by atoms with Crippen molar-refractivity contribution < 1.29 is 4.74 Å². The Balaban J connectivity index is 1.90. The molecule has 1 N–H and O–H groups in total. The van der Waals surface area contributed by atoms with Gasteiger partial charge in [-0.2, -0.15) is 0 Å². The third kappa shape index (κ3) is 2.46. The second-order valence-corrected chi connectivity index (χ2v) is 5.73. The minimum Gasteiger partial charge on any atom is -0.364 e. The van der Waals surface area contributed by atoms with Gasteiger partial charge in [0, 0.05) is 13.1 Å². The Morgan fingerprint density at radius 1 is 1.10 bits per heavy atom. The summed E-state index contributed by atoms with van der Waals surface area (Å²) in [7, 11) is 0. The van der Waals surface area contributed by atoms with Crippen molar-refractivity contribution in [2.45, 2.75) is 38.4 Å². The Kier molecular flexibility index (Phi) is 3.77. The fourth-order valence-electron chi connectivity index (χ4n) is 3.08. The van der Waals surface area contributed by atoms with E-state index in [0.29, 0.717) is 0 Å². The molecular formula is C18H23NO. The number of fused-ring (bicyclic) bond motifs is 1. The molecule has 0 aromatic heterocycles. The number of benzene rings is 2. The molecule has 2 heteroatoms. The van der Waals surface area contributed by atoms with Crippen molar-refractivity contribution in [2.24, 2.45) is 0 Å². The lowest BCUT2D eigenvalue weighted by Gasteiger charge is -2.41. The third-order valence-corrected chi connectivity index (χ3v) is 4.60. The molecule has 1 saturated heterocycles. The largest absolute Gasteiger partial charge is 0.364 e. The first-order valence-electron chi connectivity index (χ1n) is 7.63. The molecule has 1 heterocycles. The predicted octanol–water partition coefficient (Wildman–Crippen LogP) is 4.06. The standard InChI is InChI=1S/C18H23NO/c1-3-18(4-2)13-19-12-17(20-18)16-10-9-14-7-5-6-8-15(14)11-16/h5-11,17,19H,3-4,12-13H2,1-2H3. The summed E-state index contributed by atoms with van der Waals surface area (Å²) >= 11 is 0. The fraction of sp³-hybridized carbons (Fsp3) is 0.444. The quantitative estimate of drug-likeness (QED) is 0.907. The van der Waals surface area contributed by atoms with Gasteiger partial charge in [-0.3, -0.25) is 0 Å². The predicted molar refractivity (Wildman–Crippen MR) is 84.0 cm³/mol. The summed E-state index contributed by atoms with van der Waals surface area (Å²) in [4.78, 5) is 0. The smallest absolute Gasteiger partial charge is 0.0957 e. The molecule has 1 unspecified atom stereocenters. The zero-order valence-electron chi connectivity index (χ0n) is 12.4. The highest BCUT2D eigenvalue weighted by Gasteiger charge is 2.34. The maximum atomic E-state index is 6.44. The van der Waals surface area contributed by atoms with Crippen molar-refractivity contribution in [3.8, 4) is 0 Å². The summed E-state index contributed by atoms with van der Waals surface area (Å²) in [5, 5.41) is 6.13. The second-order valence-electron chi connectivity index (χ2n) is 5.73. The molecule has 0 aliphatic carbocycles. The van der Waals surface area contributed by atoms with Gasteiger partial charge in [-0.05, 0) is 35.2 Å². The zero-order valence-corrected chi connectivity index (χ0v) is 12.4. The zero-order chi connectivity index (χ0) is 14.0. The summed E-state index contributed by atoms with van der Waals surface area (Å²) < 4.78 is 6.44. The Hall–Kier alpha value is -1.38. The van der Waals surface area contributed by atoms with E-state index < -0.39 is 0 Å². The molecule has 1 atom stereocenters. The van der Waals surface area contributed by atoms with Crippen LogP contribution >= 0.6 is 0 Å². The van der Waals surface area contributed by atoms with Gasteiger partial charge in [0.15, 0.2) is 0 Å². The molecule has 1 aliphatic heterocycles. The van der Waals surface area contributed by atoms with E-state index in [1.807, 2.05) is 0 Å². The van der Waals surface area contributed by atoms with Crippen molar-refractivity contribution in [2.75, 3.05) is 13.1 Å².